The van der Waals surface area contributed by atoms with Crippen LogP contribution in [-0.4, -0.2) is 120 Å². The van der Waals surface area contributed by atoms with Gasteiger partial charge in [-0.25, -0.2) is 9.59 Å². The lowest BCUT2D eigenvalue weighted by Gasteiger charge is -2.41. The molecule has 0 saturated carbocycles. The van der Waals surface area contributed by atoms with E-state index in [-0.39, 0.29) is 24.0 Å². The quantitative estimate of drug-likeness (QED) is 0.375. The molecule has 5 heterocycles. The Balaban J connectivity index is 1.10. The van der Waals surface area contributed by atoms with Crippen molar-refractivity contribution in [3.05, 3.63) is 44.6 Å². The van der Waals surface area contributed by atoms with E-state index in [1.807, 2.05) is 34.2 Å². The molecule has 13 heteroatoms. The number of aryl methyl sites for hydroxylation is 1. The first kappa shape index (κ1) is 33.8. The van der Waals surface area contributed by atoms with E-state index in [0.717, 1.165) is 67.8 Å². The van der Waals surface area contributed by atoms with Gasteiger partial charge in [-0.05, 0) is 81.2 Å². The van der Waals surface area contributed by atoms with E-state index in [4.69, 9.17) is 17.3 Å². The third kappa shape index (κ3) is 7.82. The number of carbonyl (C=O) groups excluding carboxylic acids is 3. The first-order valence-corrected chi connectivity index (χ1v) is 18.5. The summed E-state index contributed by atoms with van der Waals surface area (Å²) >= 11 is 8.09. The first-order valence-electron chi connectivity index (χ1n) is 17.2. The Hall–Kier alpha value is -3.06. The average Bonchev–Trinajstić information content (AvgIpc) is 3.42. The van der Waals surface area contributed by atoms with Gasteiger partial charge in [0.15, 0.2) is 0 Å². The van der Waals surface area contributed by atoms with E-state index < -0.39 is 6.04 Å². The molecule has 3 fully saturated rings. The third-order valence-corrected chi connectivity index (χ3v) is 11.6. The van der Waals surface area contributed by atoms with Crippen molar-refractivity contribution < 1.29 is 14.4 Å². The summed E-state index contributed by atoms with van der Waals surface area (Å²) in [6.07, 6.45) is 5.48. The molecule has 4 aliphatic rings. The molecule has 0 bridgehead atoms. The molecule has 47 heavy (non-hydrogen) atoms. The van der Waals surface area contributed by atoms with Crippen LogP contribution in [0.25, 0.3) is 0 Å². The third-order valence-electron chi connectivity index (χ3n) is 10.5. The molecule has 3 saturated heterocycles. The van der Waals surface area contributed by atoms with E-state index in [1.165, 1.54) is 6.42 Å². The maximum absolute atomic E-state index is 14.1. The Morgan fingerprint density at radius 3 is 2.47 bits per heavy atom. The molecule has 0 spiro atoms. The maximum Gasteiger partial charge on any atom is 0.322 e. The van der Waals surface area contributed by atoms with E-state index >= 15 is 0 Å². The molecule has 0 radical (unpaired) electrons. The van der Waals surface area contributed by atoms with Crippen molar-refractivity contribution in [1.29, 1.82) is 0 Å². The molecule has 1 aromatic carbocycles. The number of fused-ring (bicyclic) bond motifs is 1. The Bertz CT molecular complexity index is 1440. The number of hydrogen-bond donors (Lipinski definition) is 3. The highest BCUT2D eigenvalue weighted by Crippen LogP contribution is 2.31. The summed E-state index contributed by atoms with van der Waals surface area (Å²) in [5, 5.41) is 10.6. The molecule has 256 valence electrons. The fourth-order valence-corrected chi connectivity index (χ4v) is 8.64. The number of thiophene rings is 1. The number of benzene rings is 1. The van der Waals surface area contributed by atoms with Gasteiger partial charge >= 0.3 is 12.1 Å². The summed E-state index contributed by atoms with van der Waals surface area (Å²) < 4.78 is 0. The average molecular weight is 685 g/mol. The van der Waals surface area contributed by atoms with E-state index in [9.17, 15) is 14.4 Å². The normalized spacial score (nSPS) is 21.3. The molecule has 11 nitrogen and oxygen atoms in total. The number of likely N-dealkylation sites (tertiary alicyclic amines) is 2. The van der Waals surface area contributed by atoms with Crippen molar-refractivity contribution in [3.63, 3.8) is 0 Å². The van der Waals surface area contributed by atoms with Crippen molar-refractivity contribution in [2.75, 3.05) is 70.5 Å². The molecule has 1 atom stereocenters. The predicted molar refractivity (Wildman–Crippen MR) is 188 cm³/mol. The van der Waals surface area contributed by atoms with Crippen LogP contribution in [-0.2, 0) is 24.2 Å². The summed E-state index contributed by atoms with van der Waals surface area (Å²) in [5.41, 5.74) is 10.6. The predicted octanol–water partition coefficient (Wildman–Crippen LogP) is 4.31. The second kappa shape index (κ2) is 15.0. The van der Waals surface area contributed by atoms with Crippen molar-refractivity contribution in [2.45, 2.75) is 76.5 Å². The maximum atomic E-state index is 14.1. The number of rotatable bonds is 7. The summed E-state index contributed by atoms with van der Waals surface area (Å²) in [7, 11) is 2.19. The number of anilines is 2. The number of amides is 5. The minimum Gasteiger partial charge on any atom is -0.397 e. The van der Waals surface area contributed by atoms with Crippen LogP contribution < -0.4 is 16.4 Å². The largest absolute Gasteiger partial charge is 0.397 e. The number of piperidine rings is 2. The summed E-state index contributed by atoms with van der Waals surface area (Å²) in [6, 6.07) is 3.31. The van der Waals surface area contributed by atoms with Crippen molar-refractivity contribution >= 4 is 52.3 Å². The number of nitrogen functional groups attached to an aromatic ring is 1. The zero-order valence-electron chi connectivity index (χ0n) is 27.7. The van der Waals surface area contributed by atoms with Crippen LogP contribution in [0.1, 0.15) is 55.7 Å². The highest BCUT2D eigenvalue weighted by atomic mass is 35.5. The number of urea groups is 2. The number of nitrogens with one attached hydrogen (secondary N) is 2. The second-order valence-corrected chi connectivity index (χ2v) is 14.7. The molecule has 4 N–H and O–H groups in total. The molecular weight excluding hydrogens is 636 g/mol. The molecule has 0 aliphatic carbocycles. The van der Waals surface area contributed by atoms with Crippen LogP contribution in [0.2, 0.25) is 5.02 Å². The summed E-state index contributed by atoms with van der Waals surface area (Å²) in [5.74, 6) is -0.0511. The molecule has 1 aromatic heterocycles. The van der Waals surface area contributed by atoms with Gasteiger partial charge in [-0.2, -0.15) is 0 Å². The number of carbonyl (C=O) groups is 3. The van der Waals surface area contributed by atoms with Gasteiger partial charge in [0.05, 0.1) is 22.9 Å². The number of nitrogens with two attached hydrogens (primary N) is 1. The fraction of sp³-hybridized carbons (Fsp3) is 0.618. The standard InChI is InChI=1S/C34H49ClN8O3S/c1-3-24-17-23(18-28(35)31(24)36)19-29(32(44)41-11-5-26(6-12-41)40-10-4-9-39(2)15-16-40)37-33(45)42-13-7-27(8-14-42)43-20-25-21-47-22-30(25)38-34(43)46/h17-18,21-22,26-27,29H,3-16,19-20,36H2,1-2H3,(H,37,45)(H,38,46)/t29-/m1/s1. The van der Waals surface area contributed by atoms with Crippen molar-refractivity contribution in [3.8, 4) is 0 Å². The van der Waals surface area contributed by atoms with Crippen LogP contribution in [0.3, 0.4) is 0 Å². The number of hydrogen-bond acceptors (Lipinski definition) is 7. The first-order chi connectivity index (χ1) is 22.7. The smallest absolute Gasteiger partial charge is 0.322 e. The molecule has 2 aromatic rings. The molecule has 5 amide bonds. The van der Waals surface area contributed by atoms with Crippen LogP contribution >= 0.6 is 22.9 Å². The van der Waals surface area contributed by atoms with Crippen molar-refractivity contribution in [1.82, 2.24) is 29.8 Å². The van der Waals surface area contributed by atoms with Gasteiger partial charge in [-0.15, -0.1) is 11.3 Å². The minimum absolute atomic E-state index is 0.0511. The molecule has 6 rings (SSSR count). The van der Waals surface area contributed by atoms with Crippen molar-refractivity contribution in [2.24, 2.45) is 0 Å². The lowest BCUT2D eigenvalue weighted by Crippen LogP contribution is -2.57. The lowest BCUT2D eigenvalue weighted by molar-refractivity contribution is -0.134. The van der Waals surface area contributed by atoms with Gasteiger partial charge in [-0.1, -0.05) is 24.6 Å². The number of likely N-dealkylation sites (N-methyl/N-ethyl adjacent to an activating group) is 1. The van der Waals surface area contributed by atoms with E-state index in [1.54, 1.807) is 16.2 Å². The Labute approximate surface area is 287 Å². The zero-order valence-corrected chi connectivity index (χ0v) is 29.3. The van der Waals surface area contributed by atoms with Gasteiger partial charge in [0.2, 0.25) is 5.91 Å². The van der Waals surface area contributed by atoms with Gasteiger partial charge < -0.3 is 36.0 Å². The van der Waals surface area contributed by atoms with Gasteiger partial charge in [-0.3, -0.25) is 9.69 Å². The van der Waals surface area contributed by atoms with E-state index in [0.29, 0.717) is 68.7 Å². The van der Waals surface area contributed by atoms with Gasteiger partial charge in [0, 0.05) is 68.7 Å². The van der Waals surface area contributed by atoms with Crippen LogP contribution in [0.5, 0.6) is 0 Å². The second-order valence-electron chi connectivity index (χ2n) is 13.5. The summed E-state index contributed by atoms with van der Waals surface area (Å²) in [4.78, 5) is 51.3. The Kier molecular flexibility index (Phi) is 10.8. The SMILES string of the molecule is CCc1cc(C[C@@H](NC(=O)N2CCC(N3Cc4cscc4NC3=O)CC2)C(=O)N2CCC(N3CCCN(C)CC3)CC2)cc(Cl)c1N. The minimum atomic E-state index is -0.724. The van der Waals surface area contributed by atoms with Crippen LogP contribution in [0.15, 0.2) is 22.9 Å². The van der Waals surface area contributed by atoms with Gasteiger partial charge in [0.1, 0.15) is 6.04 Å². The fourth-order valence-electron chi connectivity index (χ4n) is 7.60. The van der Waals surface area contributed by atoms with E-state index in [2.05, 4.69) is 32.9 Å². The highest BCUT2D eigenvalue weighted by Gasteiger charge is 2.36. The van der Waals surface area contributed by atoms with Gasteiger partial charge in [0.25, 0.3) is 0 Å². The number of halogens is 1. The number of nitrogens with zero attached hydrogens (tertiary/aromatic N) is 5. The zero-order chi connectivity index (χ0) is 33.1. The Morgan fingerprint density at radius 2 is 1.72 bits per heavy atom. The lowest BCUT2D eigenvalue weighted by atomic mass is 9.98. The molecular formula is C34H49ClN8O3S. The topological polar surface area (TPSA) is 117 Å². The highest BCUT2D eigenvalue weighted by molar-refractivity contribution is 7.08. The molecule has 4 aliphatic heterocycles. The van der Waals surface area contributed by atoms with Crippen LogP contribution in [0, 0.1) is 0 Å². The summed E-state index contributed by atoms with van der Waals surface area (Å²) in [6.45, 7) is 9.39. The molecule has 0 unspecified atom stereocenters. The Morgan fingerprint density at radius 1 is 1.00 bits per heavy atom. The van der Waals surface area contributed by atoms with Crippen LogP contribution in [0.4, 0.5) is 21.0 Å². The monoisotopic (exact) mass is 684 g/mol.